The van der Waals surface area contributed by atoms with Crippen LogP contribution < -0.4 is 14.9 Å². The molecule has 1 heterocycles. The number of nitrogens with one attached hydrogen (secondary N) is 1. The smallest absolute Gasteiger partial charge is 0.353 e. The molecule has 0 saturated carbocycles. The number of nitro groups is 1. The average Bonchev–Trinajstić information content (AvgIpc) is 3.28. The number of carbonyl (C=O) groups is 2. The third-order valence-corrected chi connectivity index (χ3v) is 4.46. The fourth-order valence-electron chi connectivity index (χ4n) is 2.29. The molecule has 2 aromatic carbocycles. The molecule has 0 fully saturated rings. The molecule has 3 rings (SSSR count). The Morgan fingerprint density at radius 2 is 1.97 bits per heavy atom. The van der Waals surface area contributed by atoms with Gasteiger partial charge in [-0.2, -0.15) is 5.10 Å². The molecule has 0 spiro atoms. The van der Waals surface area contributed by atoms with E-state index in [0.29, 0.717) is 16.2 Å². The molecular weight excluding hydrogens is 410 g/mol. The molecule has 0 atom stereocenters. The topological polar surface area (TPSA) is 120 Å². The maximum atomic E-state index is 12.0. The first-order valence-corrected chi connectivity index (χ1v) is 9.45. The molecule has 152 valence electrons. The fourth-order valence-corrected chi connectivity index (χ4v) is 2.89. The van der Waals surface area contributed by atoms with E-state index in [9.17, 15) is 19.7 Å². The molecule has 0 bridgehead atoms. The Bertz CT molecular complexity index is 1080. The van der Waals surface area contributed by atoms with Gasteiger partial charge in [0.25, 0.3) is 5.91 Å². The van der Waals surface area contributed by atoms with Crippen molar-refractivity contribution in [2.45, 2.75) is 0 Å². The van der Waals surface area contributed by atoms with Gasteiger partial charge in [-0.1, -0.05) is 30.3 Å². The summed E-state index contributed by atoms with van der Waals surface area (Å²) in [5.74, 6) is -0.727. The lowest BCUT2D eigenvalue weighted by atomic mass is 10.2. The monoisotopic (exact) mass is 425 g/mol. The predicted octanol–water partition coefficient (Wildman–Crippen LogP) is 3.40. The number of benzene rings is 2. The Hall–Kier alpha value is -4.05. The van der Waals surface area contributed by atoms with Crippen LogP contribution in [0.15, 0.2) is 71.1 Å². The van der Waals surface area contributed by atoms with E-state index in [1.807, 2.05) is 0 Å². The largest absolute Gasteiger partial charge is 0.477 e. The van der Waals surface area contributed by atoms with Gasteiger partial charge in [-0.05, 0) is 35.2 Å². The maximum Gasteiger partial charge on any atom is 0.353 e. The molecule has 0 aliphatic heterocycles. The van der Waals surface area contributed by atoms with Gasteiger partial charge in [0.15, 0.2) is 12.4 Å². The molecule has 10 heteroatoms. The third kappa shape index (κ3) is 5.72. The molecule has 30 heavy (non-hydrogen) atoms. The van der Waals surface area contributed by atoms with E-state index in [-0.39, 0.29) is 11.4 Å². The van der Waals surface area contributed by atoms with Gasteiger partial charge in [-0.3, -0.25) is 14.9 Å². The zero-order valence-corrected chi connectivity index (χ0v) is 16.2. The number of thiophene rings is 1. The number of hydrazone groups is 1. The normalized spacial score (nSPS) is 10.5. The Morgan fingerprint density at radius 1 is 1.13 bits per heavy atom. The summed E-state index contributed by atoms with van der Waals surface area (Å²) in [6, 6.07) is 15.8. The second-order valence-corrected chi connectivity index (χ2v) is 6.69. The second-order valence-electron chi connectivity index (χ2n) is 5.75. The second kappa shape index (κ2) is 9.94. The Balaban J connectivity index is 1.52. The van der Waals surface area contributed by atoms with Gasteiger partial charge in [0, 0.05) is 6.07 Å². The number of esters is 1. The number of hydrogen-bond donors (Lipinski definition) is 1. The molecule has 1 amide bonds. The molecule has 9 nitrogen and oxygen atoms in total. The van der Waals surface area contributed by atoms with Gasteiger partial charge in [0.05, 0.1) is 11.1 Å². The molecule has 0 saturated heterocycles. The summed E-state index contributed by atoms with van der Waals surface area (Å²) in [5, 5.41) is 16.5. The van der Waals surface area contributed by atoms with E-state index in [1.165, 1.54) is 35.8 Å². The predicted molar refractivity (Wildman–Crippen MR) is 110 cm³/mol. The van der Waals surface area contributed by atoms with Crippen molar-refractivity contribution < 1.29 is 24.0 Å². The summed E-state index contributed by atoms with van der Waals surface area (Å²) in [7, 11) is 0. The Labute approximate surface area is 174 Å². The number of nitrogens with zero attached hydrogens (tertiary/aromatic N) is 2. The molecular formula is C20H15N3O6S. The van der Waals surface area contributed by atoms with E-state index < -0.39 is 23.4 Å². The zero-order valence-electron chi connectivity index (χ0n) is 15.4. The van der Waals surface area contributed by atoms with Crippen molar-refractivity contribution in [3.63, 3.8) is 0 Å². The molecule has 3 aromatic rings. The van der Waals surface area contributed by atoms with Crippen LogP contribution >= 0.6 is 11.3 Å². The molecule has 1 N–H and O–H groups in total. The number of amides is 1. The van der Waals surface area contributed by atoms with E-state index in [1.54, 1.807) is 47.8 Å². The van der Waals surface area contributed by atoms with E-state index in [2.05, 4.69) is 10.5 Å². The molecule has 0 aliphatic carbocycles. The van der Waals surface area contributed by atoms with Gasteiger partial charge in [-0.25, -0.2) is 10.2 Å². The van der Waals surface area contributed by atoms with Crippen LogP contribution in [0.5, 0.6) is 11.5 Å². The van der Waals surface area contributed by atoms with E-state index in [0.717, 1.165) is 0 Å². The van der Waals surface area contributed by atoms with Crippen molar-refractivity contribution in [2.24, 2.45) is 5.10 Å². The highest BCUT2D eigenvalue weighted by Gasteiger charge is 2.14. The minimum absolute atomic E-state index is 0.0121. The first-order chi connectivity index (χ1) is 14.5. The lowest BCUT2D eigenvalue weighted by Gasteiger charge is -2.05. The number of nitro benzene ring substituents is 1. The number of para-hydroxylation sites is 2. The highest BCUT2D eigenvalue weighted by Crippen LogP contribution is 2.25. The van der Waals surface area contributed by atoms with Gasteiger partial charge < -0.3 is 9.47 Å². The highest BCUT2D eigenvalue weighted by atomic mass is 32.1. The molecule has 0 radical (unpaired) electrons. The van der Waals surface area contributed by atoms with Crippen LogP contribution in [0.1, 0.15) is 15.2 Å². The lowest BCUT2D eigenvalue weighted by Crippen LogP contribution is -2.24. The van der Waals surface area contributed by atoms with Crippen molar-refractivity contribution >= 4 is 35.1 Å². The number of hydrogen-bond acceptors (Lipinski definition) is 8. The van der Waals surface area contributed by atoms with Gasteiger partial charge >= 0.3 is 11.7 Å². The van der Waals surface area contributed by atoms with Gasteiger partial charge in [0.2, 0.25) is 0 Å². The standard InChI is InChI=1S/C20H15N3O6S/c24-19(13-28-17-8-2-1-7-16(17)23(26)27)22-21-12-14-5-3-6-15(11-14)29-20(25)18-9-4-10-30-18/h1-12H,13H2,(H,22,24)/b21-12+. The minimum atomic E-state index is -0.594. The summed E-state index contributed by atoms with van der Waals surface area (Å²) in [6.07, 6.45) is 1.37. The average molecular weight is 425 g/mol. The summed E-state index contributed by atoms with van der Waals surface area (Å²) >= 11 is 1.28. The number of ether oxygens (including phenoxy) is 2. The minimum Gasteiger partial charge on any atom is -0.477 e. The zero-order chi connectivity index (χ0) is 21.3. The quantitative estimate of drug-likeness (QED) is 0.194. The number of rotatable bonds is 8. The van der Waals surface area contributed by atoms with Crippen LogP contribution in [-0.2, 0) is 4.79 Å². The fraction of sp³-hybridized carbons (Fsp3) is 0.0500. The van der Waals surface area contributed by atoms with Crippen LogP contribution in [0.2, 0.25) is 0 Å². The van der Waals surface area contributed by atoms with Crippen molar-refractivity contribution in [2.75, 3.05) is 6.61 Å². The maximum absolute atomic E-state index is 12.0. The molecule has 1 aromatic heterocycles. The lowest BCUT2D eigenvalue weighted by molar-refractivity contribution is -0.385. The van der Waals surface area contributed by atoms with Gasteiger partial charge in [-0.15, -0.1) is 11.3 Å². The van der Waals surface area contributed by atoms with E-state index in [4.69, 9.17) is 9.47 Å². The van der Waals surface area contributed by atoms with Crippen LogP contribution in [-0.4, -0.2) is 29.6 Å². The van der Waals surface area contributed by atoms with E-state index >= 15 is 0 Å². The highest BCUT2D eigenvalue weighted by molar-refractivity contribution is 7.12. The van der Waals surface area contributed by atoms with Gasteiger partial charge in [0.1, 0.15) is 10.6 Å². The van der Waals surface area contributed by atoms with Crippen LogP contribution in [0.25, 0.3) is 0 Å². The van der Waals surface area contributed by atoms with Crippen molar-refractivity contribution in [3.8, 4) is 11.5 Å². The molecule has 0 aliphatic rings. The summed E-state index contributed by atoms with van der Waals surface area (Å²) < 4.78 is 10.5. The van der Waals surface area contributed by atoms with Crippen LogP contribution in [0.4, 0.5) is 5.69 Å². The molecule has 0 unspecified atom stereocenters. The third-order valence-electron chi connectivity index (χ3n) is 3.61. The van der Waals surface area contributed by atoms with Crippen molar-refractivity contribution in [1.29, 1.82) is 0 Å². The van der Waals surface area contributed by atoms with Crippen LogP contribution in [0, 0.1) is 10.1 Å². The number of carbonyl (C=O) groups excluding carboxylic acids is 2. The first kappa shape index (κ1) is 20.7. The summed E-state index contributed by atoms with van der Waals surface area (Å²) in [5.41, 5.74) is 2.62. The van der Waals surface area contributed by atoms with Crippen LogP contribution in [0.3, 0.4) is 0 Å². The Morgan fingerprint density at radius 3 is 2.73 bits per heavy atom. The Kier molecular flexibility index (Phi) is 6.85. The summed E-state index contributed by atoms with van der Waals surface area (Å²) in [4.78, 5) is 34.6. The first-order valence-electron chi connectivity index (χ1n) is 8.57. The summed E-state index contributed by atoms with van der Waals surface area (Å²) in [6.45, 7) is -0.444. The SMILES string of the molecule is O=C(COc1ccccc1[N+](=O)[O-])N/N=C/c1cccc(OC(=O)c2cccs2)c1. The van der Waals surface area contributed by atoms with Crippen molar-refractivity contribution in [3.05, 3.63) is 86.6 Å². The van der Waals surface area contributed by atoms with Crippen molar-refractivity contribution in [1.82, 2.24) is 5.43 Å².